The molecule has 0 fully saturated rings. The number of nitrogens with one attached hydrogen (secondary N) is 1. The number of aromatic nitrogens is 5. The van der Waals surface area contributed by atoms with E-state index in [9.17, 15) is 9.59 Å². The van der Waals surface area contributed by atoms with Crippen molar-refractivity contribution in [2.45, 2.75) is 25.8 Å². The molecule has 0 bridgehead atoms. The molecular formula is C20H18N6O2S. The van der Waals surface area contributed by atoms with Gasteiger partial charge in [0.05, 0.1) is 5.39 Å². The van der Waals surface area contributed by atoms with E-state index in [4.69, 9.17) is 0 Å². The molecule has 29 heavy (non-hydrogen) atoms. The molecule has 0 unspecified atom stereocenters. The predicted molar refractivity (Wildman–Crippen MR) is 111 cm³/mol. The number of nitrogens with zero attached hydrogens (tertiary/aromatic N) is 5. The summed E-state index contributed by atoms with van der Waals surface area (Å²) in [6.07, 6.45) is 1.39. The van der Waals surface area contributed by atoms with Crippen molar-refractivity contribution in [3.8, 4) is 0 Å². The van der Waals surface area contributed by atoms with Crippen molar-refractivity contribution >= 4 is 33.3 Å². The van der Waals surface area contributed by atoms with Gasteiger partial charge in [-0.1, -0.05) is 59.0 Å². The summed E-state index contributed by atoms with van der Waals surface area (Å²) < 4.78 is 1.29. The van der Waals surface area contributed by atoms with Crippen molar-refractivity contribution in [1.82, 2.24) is 25.2 Å². The van der Waals surface area contributed by atoms with Gasteiger partial charge in [0.2, 0.25) is 11.0 Å². The highest BCUT2D eigenvalue weighted by molar-refractivity contribution is 7.15. The van der Waals surface area contributed by atoms with Crippen LogP contribution in [0.2, 0.25) is 0 Å². The van der Waals surface area contributed by atoms with Gasteiger partial charge in [-0.15, -0.1) is 15.3 Å². The van der Waals surface area contributed by atoms with Crippen LogP contribution in [0.25, 0.3) is 10.9 Å². The largest absolute Gasteiger partial charge is 0.301 e. The number of anilines is 1. The number of hydrogen-bond acceptors (Lipinski definition) is 7. The van der Waals surface area contributed by atoms with Crippen molar-refractivity contribution in [3.63, 3.8) is 0 Å². The third kappa shape index (κ3) is 4.69. The monoisotopic (exact) mass is 406 g/mol. The molecule has 1 amide bonds. The van der Waals surface area contributed by atoms with Gasteiger partial charge in [-0.3, -0.25) is 9.59 Å². The smallest absolute Gasteiger partial charge is 0.277 e. The average Bonchev–Trinajstić information content (AvgIpc) is 3.17. The number of fused-ring (bicyclic) bond motifs is 1. The number of rotatable bonds is 7. The minimum absolute atomic E-state index is 0.172. The van der Waals surface area contributed by atoms with E-state index in [1.165, 1.54) is 16.0 Å². The Morgan fingerprint density at radius 2 is 1.79 bits per heavy atom. The highest BCUT2D eigenvalue weighted by atomic mass is 32.1. The second-order valence-corrected chi connectivity index (χ2v) is 7.51. The molecule has 0 saturated carbocycles. The van der Waals surface area contributed by atoms with Crippen LogP contribution in [0.4, 0.5) is 5.13 Å². The second kappa shape index (κ2) is 8.70. The minimum Gasteiger partial charge on any atom is -0.301 e. The lowest BCUT2D eigenvalue weighted by Crippen LogP contribution is -2.25. The summed E-state index contributed by atoms with van der Waals surface area (Å²) in [6.45, 7) is 0.319. The zero-order chi connectivity index (χ0) is 20.1. The summed E-state index contributed by atoms with van der Waals surface area (Å²) in [5, 5.41) is 20.7. The maximum atomic E-state index is 12.4. The lowest BCUT2D eigenvalue weighted by molar-refractivity contribution is -0.116. The first-order chi connectivity index (χ1) is 14.2. The molecule has 2 aromatic heterocycles. The second-order valence-electron chi connectivity index (χ2n) is 6.45. The van der Waals surface area contributed by atoms with Crippen LogP contribution in [0.1, 0.15) is 23.4 Å². The maximum Gasteiger partial charge on any atom is 0.277 e. The van der Waals surface area contributed by atoms with Crippen LogP contribution in [0.3, 0.4) is 0 Å². The highest BCUT2D eigenvalue weighted by Gasteiger charge is 2.10. The first-order valence-corrected chi connectivity index (χ1v) is 9.99. The van der Waals surface area contributed by atoms with Gasteiger partial charge in [-0.25, -0.2) is 4.68 Å². The van der Waals surface area contributed by atoms with E-state index >= 15 is 0 Å². The zero-order valence-electron chi connectivity index (χ0n) is 15.5. The predicted octanol–water partition coefficient (Wildman–Crippen LogP) is 2.65. The molecule has 0 radical (unpaired) electrons. The number of amides is 1. The summed E-state index contributed by atoms with van der Waals surface area (Å²) in [6, 6.07) is 17.0. The van der Waals surface area contributed by atoms with E-state index in [0.29, 0.717) is 35.4 Å². The summed E-state index contributed by atoms with van der Waals surface area (Å²) in [7, 11) is 0. The Morgan fingerprint density at radius 1 is 1.00 bits per heavy atom. The summed E-state index contributed by atoms with van der Waals surface area (Å²) in [5.41, 5.74) is 1.50. The summed E-state index contributed by atoms with van der Waals surface area (Å²) >= 11 is 1.36. The summed E-state index contributed by atoms with van der Waals surface area (Å²) in [5.74, 6) is -0.172. The van der Waals surface area contributed by atoms with Crippen LogP contribution >= 0.6 is 11.3 Å². The molecule has 4 aromatic rings. The van der Waals surface area contributed by atoms with Crippen LogP contribution in [-0.4, -0.2) is 31.1 Å². The molecule has 146 valence electrons. The van der Waals surface area contributed by atoms with E-state index in [0.717, 1.165) is 10.6 Å². The molecule has 9 heteroatoms. The number of carbonyl (C=O) groups excluding carboxylic acids is 1. The Bertz CT molecular complexity index is 1190. The maximum absolute atomic E-state index is 12.4. The highest BCUT2D eigenvalue weighted by Crippen LogP contribution is 2.18. The number of carbonyl (C=O) groups is 1. The van der Waals surface area contributed by atoms with Crippen molar-refractivity contribution in [2.24, 2.45) is 0 Å². The van der Waals surface area contributed by atoms with Crippen LogP contribution in [0.15, 0.2) is 59.4 Å². The molecule has 0 spiro atoms. The van der Waals surface area contributed by atoms with Crippen molar-refractivity contribution < 1.29 is 4.79 Å². The van der Waals surface area contributed by atoms with Gasteiger partial charge in [-0.2, -0.15) is 0 Å². The molecule has 0 atom stereocenters. The first-order valence-electron chi connectivity index (χ1n) is 9.18. The Kier molecular flexibility index (Phi) is 5.66. The molecular weight excluding hydrogens is 388 g/mol. The fourth-order valence-electron chi connectivity index (χ4n) is 2.89. The lowest BCUT2D eigenvalue weighted by atomic mass is 10.2. The third-order valence-corrected chi connectivity index (χ3v) is 5.15. The van der Waals surface area contributed by atoms with Crippen LogP contribution in [-0.2, 0) is 17.8 Å². The van der Waals surface area contributed by atoms with E-state index in [-0.39, 0.29) is 17.9 Å². The van der Waals surface area contributed by atoms with Gasteiger partial charge < -0.3 is 5.32 Å². The van der Waals surface area contributed by atoms with Crippen LogP contribution < -0.4 is 10.9 Å². The molecule has 8 nitrogen and oxygen atoms in total. The molecule has 4 rings (SSSR count). The topological polar surface area (TPSA) is 103 Å². The minimum atomic E-state index is -0.203. The molecule has 0 aliphatic rings. The van der Waals surface area contributed by atoms with Gasteiger partial charge in [0.25, 0.3) is 5.56 Å². The van der Waals surface area contributed by atoms with Gasteiger partial charge in [0.15, 0.2) is 0 Å². The zero-order valence-corrected chi connectivity index (χ0v) is 16.3. The Labute approximate surface area is 170 Å². The average molecular weight is 406 g/mol. The van der Waals surface area contributed by atoms with E-state index in [2.05, 4.69) is 25.8 Å². The number of hydrogen-bond donors (Lipinski definition) is 1. The quantitative estimate of drug-likeness (QED) is 0.506. The van der Waals surface area contributed by atoms with Crippen molar-refractivity contribution in [1.29, 1.82) is 0 Å². The molecule has 0 aliphatic carbocycles. The Morgan fingerprint density at radius 3 is 2.66 bits per heavy atom. The van der Waals surface area contributed by atoms with Crippen LogP contribution in [0.5, 0.6) is 0 Å². The normalized spacial score (nSPS) is 10.9. The Hall–Kier alpha value is -3.46. The molecule has 0 aliphatic heterocycles. The molecule has 1 N–H and O–H groups in total. The van der Waals surface area contributed by atoms with E-state index in [1.807, 2.05) is 36.4 Å². The Balaban J connectivity index is 1.30. The molecule has 2 heterocycles. The van der Waals surface area contributed by atoms with Gasteiger partial charge in [-0.05, 0) is 24.1 Å². The van der Waals surface area contributed by atoms with Crippen molar-refractivity contribution in [2.75, 3.05) is 5.32 Å². The van der Waals surface area contributed by atoms with Crippen LogP contribution in [0, 0.1) is 0 Å². The van der Waals surface area contributed by atoms with Gasteiger partial charge >= 0.3 is 0 Å². The third-order valence-electron chi connectivity index (χ3n) is 4.31. The van der Waals surface area contributed by atoms with Crippen molar-refractivity contribution in [3.05, 3.63) is 75.5 Å². The molecule has 0 saturated heterocycles. The van der Waals surface area contributed by atoms with Gasteiger partial charge in [0, 0.05) is 19.4 Å². The number of aryl methyl sites for hydroxylation is 1. The van der Waals surface area contributed by atoms with E-state index in [1.54, 1.807) is 18.2 Å². The fourth-order valence-corrected chi connectivity index (χ4v) is 3.68. The lowest BCUT2D eigenvalue weighted by Gasteiger charge is -2.04. The van der Waals surface area contributed by atoms with E-state index < -0.39 is 0 Å². The SMILES string of the molecule is O=C(CCCn1nnc2ccccc2c1=O)Nc1nnc(Cc2ccccc2)s1. The van der Waals surface area contributed by atoms with Gasteiger partial charge in [0.1, 0.15) is 10.5 Å². The first kappa shape index (κ1) is 18.9. The standard InChI is InChI=1S/C20H18N6O2S/c27-17(21-20-24-23-18(29-20)13-14-7-2-1-3-8-14)11-6-12-26-19(28)15-9-4-5-10-16(15)22-25-26/h1-5,7-10H,6,11-13H2,(H,21,24,27). The summed E-state index contributed by atoms with van der Waals surface area (Å²) in [4.78, 5) is 24.6. The fraction of sp³-hybridized carbons (Fsp3) is 0.200. The number of benzene rings is 2. The molecule has 2 aromatic carbocycles.